The van der Waals surface area contributed by atoms with Gasteiger partial charge in [0.1, 0.15) is 5.75 Å². The van der Waals surface area contributed by atoms with Crippen LogP contribution in [0.5, 0.6) is 5.75 Å². The molecule has 0 spiro atoms. The van der Waals surface area contributed by atoms with Crippen LogP contribution in [-0.4, -0.2) is 52.9 Å². The van der Waals surface area contributed by atoms with Crippen molar-refractivity contribution in [3.05, 3.63) is 55.3 Å². The normalized spacial score (nSPS) is 17.1. The average Bonchev–Trinajstić information content (AvgIpc) is 3.36. The van der Waals surface area contributed by atoms with Gasteiger partial charge in [-0.15, -0.1) is 0 Å². The Morgan fingerprint density at radius 2 is 2.00 bits per heavy atom. The summed E-state index contributed by atoms with van der Waals surface area (Å²) in [5, 5.41) is 16.2. The zero-order valence-electron chi connectivity index (χ0n) is 15.0. The lowest BCUT2D eigenvalue weighted by molar-refractivity contribution is -0.124. The standard InChI is InChI=1S/C20H19N3O4S/c1-2-20(25)23-8-7-16(12-23)28(26,27)19-10-14(9-18-17(19)11-21-22-18)13-3-5-15(24)6-4-13/h2-6,9-11,16,24H,1,7-8,12H2,(H,21,22). The van der Waals surface area contributed by atoms with Crippen molar-refractivity contribution in [1.82, 2.24) is 15.1 Å². The summed E-state index contributed by atoms with van der Waals surface area (Å²) in [4.78, 5) is 13.5. The van der Waals surface area contributed by atoms with Gasteiger partial charge in [0.05, 0.1) is 21.9 Å². The van der Waals surface area contributed by atoms with Crippen LogP contribution in [0.4, 0.5) is 0 Å². The quantitative estimate of drug-likeness (QED) is 0.659. The molecule has 7 nitrogen and oxygen atoms in total. The van der Waals surface area contributed by atoms with E-state index in [4.69, 9.17) is 0 Å². The van der Waals surface area contributed by atoms with Crippen LogP contribution in [-0.2, 0) is 14.6 Å². The summed E-state index contributed by atoms with van der Waals surface area (Å²) in [5.74, 6) is -0.124. The van der Waals surface area contributed by atoms with Crippen LogP contribution < -0.4 is 0 Å². The minimum absolute atomic E-state index is 0.136. The second-order valence-electron chi connectivity index (χ2n) is 6.80. The lowest BCUT2D eigenvalue weighted by Gasteiger charge is -2.16. The average molecular weight is 397 g/mol. The number of likely N-dealkylation sites (tertiary alicyclic amines) is 1. The summed E-state index contributed by atoms with van der Waals surface area (Å²) in [5.41, 5.74) is 2.09. The smallest absolute Gasteiger partial charge is 0.245 e. The van der Waals surface area contributed by atoms with Gasteiger partial charge < -0.3 is 10.0 Å². The number of hydrogen-bond acceptors (Lipinski definition) is 5. The Hall–Kier alpha value is -3.13. The molecule has 3 aromatic rings. The first-order valence-corrected chi connectivity index (χ1v) is 10.4. The Balaban J connectivity index is 1.79. The van der Waals surface area contributed by atoms with Crippen molar-refractivity contribution < 1.29 is 18.3 Å². The van der Waals surface area contributed by atoms with Crippen molar-refractivity contribution >= 4 is 26.6 Å². The first kappa shape index (κ1) is 18.2. The van der Waals surface area contributed by atoms with Crippen molar-refractivity contribution in [1.29, 1.82) is 0 Å². The minimum Gasteiger partial charge on any atom is -0.508 e. The molecular formula is C20H19N3O4S. The van der Waals surface area contributed by atoms with E-state index in [0.29, 0.717) is 29.4 Å². The fourth-order valence-electron chi connectivity index (χ4n) is 3.56. The maximum Gasteiger partial charge on any atom is 0.245 e. The highest BCUT2D eigenvalue weighted by atomic mass is 32.2. The van der Waals surface area contributed by atoms with Gasteiger partial charge in [0.2, 0.25) is 5.91 Å². The first-order valence-electron chi connectivity index (χ1n) is 8.82. The van der Waals surface area contributed by atoms with Gasteiger partial charge in [-0.1, -0.05) is 18.7 Å². The number of phenolic OH excluding ortho intramolecular Hbond substituents is 1. The number of aromatic hydroxyl groups is 1. The molecule has 0 bridgehead atoms. The van der Waals surface area contributed by atoms with Crippen LogP contribution in [0.15, 0.2) is 60.1 Å². The number of amides is 1. The maximum absolute atomic E-state index is 13.4. The van der Waals surface area contributed by atoms with Gasteiger partial charge in [-0.2, -0.15) is 5.10 Å². The Morgan fingerprint density at radius 1 is 1.25 bits per heavy atom. The van der Waals surface area contributed by atoms with Gasteiger partial charge in [-0.25, -0.2) is 8.42 Å². The zero-order chi connectivity index (χ0) is 19.9. The van der Waals surface area contributed by atoms with Crippen LogP contribution >= 0.6 is 0 Å². The van der Waals surface area contributed by atoms with Crippen molar-refractivity contribution in [2.75, 3.05) is 13.1 Å². The number of phenols is 1. The summed E-state index contributed by atoms with van der Waals surface area (Å²) in [6.45, 7) is 4.00. The summed E-state index contributed by atoms with van der Waals surface area (Å²) in [6, 6.07) is 10.0. The molecule has 0 radical (unpaired) electrons. The Morgan fingerprint density at radius 3 is 2.71 bits per heavy atom. The number of benzene rings is 2. The minimum atomic E-state index is -3.69. The molecule has 1 aliphatic heterocycles. The van der Waals surface area contributed by atoms with E-state index in [1.807, 2.05) is 6.07 Å². The molecule has 0 saturated carbocycles. The van der Waals surface area contributed by atoms with Crippen LogP contribution in [0.1, 0.15) is 6.42 Å². The highest BCUT2D eigenvalue weighted by Crippen LogP contribution is 2.34. The van der Waals surface area contributed by atoms with Crippen LogP contribution in [0.2, 0.25) is 0 Å². The maximum atomic E-state index is 13.4. The number of nitrogens with zero attached hydrogens (tertiary/aromatic N) is 2. The molecule has 1 amide bonds. The molecule has 0 aliphatic carbocycles. The molecule has 8 heteroatoms. The monoisotopic (exact) mass is 397 g/mol. The van der Waals surface area contributed by atoms with E-state index >= 15 is 0 Å². The van der Waals surface area contributed by atoms with Crippen molar-refractivity contribution in [2.45, 2.75) is 16.6 Å². The molecule has 2 N–H and O–H groups in total. The molecule has 1 aromatic heterocycles. The number of sulfone groups is 1. The van der Waals surface area contributed by atoms with Crippen molar-refractivity contribution in [3.8, 4) is 16.9 Å². The fraction of sp³-hybridized carbons (Fsp3) is 0.200. The van der Waals surface area contributed by atoms with E-state index in [0.717, 1.165) is 5.56 Å². The molecule has 2 heterocycles. The number of carbonyl (C=O) groups is 1. The van der Waals surface area contributed by atoms with E-state index in [9.17, 15) is 18.3 Å². The number of hydrogen-bond donors (Lipinski definition) is 2. The lowest BCUT2D eigenvalue weighted by atomic mass is 10.0. The summed E-state index contributed by atoms with van der Waals surface area (Å²) in [6.07, 6.45) is 3.09. The molecular weight excluding hydrogens is 378 g/mol. The summed E-state index contributed by atoms with van der Waals surface area (Å²) >= 11 is 0. The van der Waals surface area contributed by atoms with E-state index in [2.05, 4.69) is 16.8 Å². The van der Waals surface area contributed by atoms with E-state index in [1.54, 1.807) is 30.3 Å². The highest BCUT2D eigenvalue weighted by molar-refractivity contribution is 7.92. The third kappa shape index (κ3) is 3.05. The molecule has 1 saturated heterocycles. The number of nitrogens with one attached hydrogen (secondary N) is 1. The van der Waals surface area contributed by atoms with Gasteiger partial charge in [-0.05, 0) is 47.9 Å². The van der Waals surface area contributed by atoms with Gasteiger partial charge in [0.25, 0.3) is 0 Å². The number of fused-ring (bicyclic) bond motifs is 1. The molecule has 1 unspecified atom stereocenters. The molecule has 4 rings (SSSR count). The summed E-state index contributed by atoms with van der Waals surface area (Å²) in [7, 11) is -3.69. The zero-order valence-corrected chi connectivity index (χ0v) is 15.8. The van der Waals surface area contributed by atoms with Crippen LogP contribution in [0.25, 0.3) is 22.0 Å². The molecule has 2 aromatic carbocycles. The molecule has 144 valence electrons. The highest BCUT2D eigenvalue weighted by Gasteiger charge is 2.36. The van der Waals surface area contributed by atoms with Crippen LogP contribution in [0.3, 0.4) is 0 Å². The predicted molar refractivity (Wildman–Crippen MR) is 106 cm³/mol. The second-order valence-corrected chi connectivity index (χ2v) is 8.99. The van der Waals surface area contributed by atoms with Crippen molar-refractivity contribution in [3.63, 3.8) is 0 Å². The SMILES string of the molecule is C=CC(=O)N1CCC(S(=O)(=O)c2cc(-c3ccc(O)cc3)cc3[nH]ncc23)C1. The third-order valence-corrected chi connectivity index (χ3v) is 7.31. The van der Waals surface area contributed by atoms with Crippen molar-refractivity contribution in [2.24, 2.45) is 0 Å². The van der Waals surface area contributed by atoms with Gasteiger partial charge >= 0.3 is 0 Å². The van der Waals surface area contributed by atoms with E-state index < -0.39 is 15.1 Å². The number of aromatic nitrogens is 2. The number of rotatable bonds is 4. The van der Waals surface area contributed by atoms with Gasteiger partial charge in [0, 0.05) is 18.5 Å². The van der Waals surface area contributed by atoms with E-state index in [-0.39, 0.29) is 23.1 Å². The predicted octanol–water partition coefficient (Wildman–Crippen LogP) is 2.50. The molecule has 1 aliphatic rings. The second kappa shape index (κ2) is 6.79. The largest absolute Gasteiger partial charge is 0.508 e. The summed E-state index contributed by atoms with van der Waals surface area (Å²) < 4.78 is 26.8. The number of carbonyl (C=O) groups excluding carboxylic acids is 1. The Labute approximate surface area is 162 Å². The molecule has 28 heavy (non-hydrogen) atoms. The fourth-order valence-corrected chi connectivity index (χ4v) is 5.48. The van der Waals surface area contributed by atoms with Gasteiger partial charge in [0.15, 0.2) is 9.84 Å². The Kier molecular flexibility index (Phi) is 4.43. The molecule has 1 atom stereocenters. The molecule has 1 fully saturated rings. The number of H-pyrrole nitrogens is 1. The number of aromatic amines is 1. The topological polar surface area (TPSA) is 103 Å². The third-order valence-electron chi connectivity index (χ3n) is 5.10. The van der Waals surface area contributed by atoms with E-state index in [1.165, 1.54) is 17.2 Å². The Bertz CT molecular complexity index is 1170. The van der Waals surface area contributed by atoms with Gasteiger partial charge in [-0.3, -0.25) is 9.89 Å². The lowest BCUT2D eigenvalue weighted by Crippen LogP contribution is -2.30. The van der Waals surface area contributed by atoms with Crippen LogP contribution in [0, 0.1) is 0 Å². The first-order chi connectivity index (χ1) is 13.4.